The minimum atomic E-state index is -4.45. The number of carbonyl (C=O) groups excluding carboxylic acids is 1. The minimum absolute atomic E-state index is 0.316. The van der Waals surface area contributed by atoms with Crippen LogP contribution in [0.3, 0.4) is 0 Å². The van der Waals surface area contributed by atoms with E-state index in [1.807, 2.05) is 0 Å². The lowest BCUT2D eigenvalue weighted by Crippen LogP contribution is -2.11. The van der Waals surface area contributed by atoms with Gasteiger partial charge in [0.1, 0.15) is 5.75 Å². The van der Waals surface area contributed by atoms with Crippen LogP contribution < -0.4 is 4.74 Å². The Labute approximate surface area is 152 Å². The average molecular weight is 369 g/mol. The lowest BCUT2D eigenvalue weighted by molar-refractivity contribution is -0.137. The quantitative estimate of drug-likeness (QED) is 0.466. The van der Waals surface area contributed by atoms with Gasteiger partial charge < -0.3 is 4.74 Å². The Kier molecular flexibility index (Phi) is 3.91. The molecule has 0 amide bonds. The van der Waals surface area contributed by atoms with Crippen molar-refractivity contribution in [2.75, 3.05) is 7.11 Å². The van der Waals surface area contributed by atoms with Crippen LogP contribution in [-0.2, 0) is 6.18 Å². The molecule has 27 heavy (non-hydrogen) atoms. The van der Waals surface area contributed by atoms with Gasteiger partial charge in [-0.1, -0.05) is 18.2 Å². The predicted octanol–water partition coefficient (Wildman–Crippen LogP) is 5.51. The van der Waals surface area contributed by atoms with E-state index in [0.717, 1.165) is 12.1 Å². The first kappa shape index (κ1) is 17.1. The molecule has 136 valence electrons. The number of hydrogen-bond acceptors (Lipinski definition) is 2. The molecular formula is C21H14F3NO2. The molecule has 1 aromatic heterocycles. The van der Waals surface area contributed by atoms with Crippen LogP contribution in [-0.4, -0.2) is 17.6 Å². The number of ether oxygens (including phenoxy) is 1. The summed E-state index contributed by atoms with van der Waals surface area (Å²) in [6.07, 6.45) is -4.45. The van der Waals surface area contributed by atoms with Gasteiger partial charge in [-0.3, -0.25) is 9.36 Å². The summed E-state index contributed by atoms with van der Waals surface area (Å²) < 4.78 is 45.9. The zero-order valence-corrected chi connectivity index (χ0v) is 14.2. The first-order chi connectivity index (χ1) is 12.9. The van der Waals surface area contributed by atoms with Gasteiger partial charge in [0.15, 0.2) is 0 Å². The van der Waals surface area contributed by atoms with Gasteiger partial charge in [-0.2, -0.15) is 13.2 Å². The van der Waals surface area contributed by atoms with E-state index in [4.69, 9.17) is 4.74 Å². The molecule has 0 aliphatic carbocycles. The second-order valence-corrected chi connectivity index (χ2v) is 6.12. The fourth-order valence-corrected chi connectivity index (χ4v) is 3.23. The zero-order chi connectivity index (χ0) is 19.2. The monoisotopic (exact) mass is 369 g/mol. The number of fused-ring (bicyclic) bond motifs is 3. The van der Waals surface area contributed by atoms with Crippen molar-refractivity contribution >= 4 is 27.7 Å². The van der Waals surface area contributed by atoms with Crippen LogP contribution in [0, 0.1) is 0 Å². The van der Waals surface area contributed by atoms with Crippen LogP contribution in [0.15, 0.2) is 66.7 Å². The maximum atomic E-state index is 13.1. The number of alkyl halides is 3. The van der Waals surface area contributed by atoms with E-state index < -0.39 is 11.7 Å². The fourth-order valence-electron chi connectivity index (χ4n) is 3.23. The third-order valence-electron chi connectivity index (χ3n) is 4.54. The Morgan fingerprint density at radius 3 is 2.22 bits per heavy atom. The molecular weight excluding hydrogens is 355 g/mol. The van der Waals surface area contributed by atoms with Crippen LogP contribution in [0.4, 0.5) is 13.2 Å². The standard InChI is InChI=1S/C21H14F3NO2/c1-27-15-9-6-13(7-10-15)20(26)25-18-5-3-2-4-16(18)17-12-14(21(22,23)24)8-11-19(17)25/h2-12H,1H3. The molecule has 0 spiro atoms. The summed E-state index contributed by atoms with van der Waals surface area (Å²) >= 11 is 0. The average Bonchev–Trinajstić information content (AvgIpc) is 3.00. The van der Waals surface area contributed by atoms with Gasteiger partial charge in [0.2, 0.25) is 0 Å². The van der Waals surface area contributed by atoms with Crippen molar-refractivity contribution in [2.45, 2.75) is 6.18 Å². The van der Waals surface area contributed by atoms with Crippen molar-refractivity contribution in [3.05, 3.63) is 77.9 Å². The highest BCUT2D eigenvalue weighted by molar-refractivity contribution is 6.16. The third kappa shape index (κ3) is 2.83. The molecule has 3 nitrogen and oxygen atoms in total. The molecule has 0 saturated heterocycles. The molecule has 3 aromatic carbocycles. The van der Waals surface area contributed by atoms with Crippen molar-refractivity contribution in [1.82, 2.24) is 4.57 Å². The lowest BCUT2D eigenvalue weighted by atomic mass is 10.1. The van der Waals surface area contributed by atoms with E-state index in [1.165, 1.54) is 17.7 Å². The molecule has 1 heterocycles. The van der Waals surface area contributed by atoms with Crippen LogP contribution in [0.1, 0.15) is 15.9 Å². The molecule has 0 aliphatic rings. The number of para-hydroxylation sites is 1. The summed E-state index contributed by atoms with van der Waals surface area (Å²) in [5.74, 6) is 0.298. The van der Waals surface area contributed by atoms with Gasteiger partial charge in [-0.05, 0) is 48.5 Å². The van der Waals surface area contributed by atoms with Crippen LogP contribution in [0.2, 0.25) is 0 Å². The number of methoxy groups -OCH3 is 1. The van der Waals surface area contributed by atoms with Crippen molar-refractivity contribution in [1.29, 1.82) is 0 Å². The second-order valence-electron chi connectivity index (χ2n) is 6.12. The number of rotatable bonds is 2. The molecule has 6 heteroatoms. The molecule has 0 unspecified atom stereocenters. The van der Waals surface area contributed by atoms with Crippen molar-refractivity contribution in [3.63, 3.8) is 0 Å². The summed E-state index contributed by atoms with van der Waals surface area (Å²) in [6, 6.07) is 17.0. The van der Waals surface area contributed by atoms with Gasteiger partial charge in [0.05, 0.1) is 23.7 Å². The number of hydrogen-bond donors (Lipinski definition) is 0. The highest BCUT2D eigenvalue weighted by atomic mass is 19.4. The Balaban J connectivity index is 1.97. The highest BCUT2D eigenvalue weighted by Crippen LogP contribution is 2.36. The van der Waals surface area contributed by atoms with Gasteiger partial charge in [-0.15, -0.1) is 0 Å². The van der Waals surface area contributed by atoms with E-state index >= 15 is 0 Å². The maximum Gasteiger partial charge on any atom is 0.416 e. The summed E-state index contributed by atoms with van der Waals surface area (Å²) in [7, 11) is 1.53. The van der Waals surface area contributed by atoms with Gasteiger partial charge in [0, 0.05) is 16.3 Å². The van der Waals surface area contributed by atoms with E-state index in [-0.39, 0.29) is 5.91 Å². The van der Waals surface area contributed by atoms with Crippen molar-refractivity contribution in [2.24, 2.45) is 0 Å². The summed E-state index contributed by atoms with van der Waals surface area (Å²) in [5, 5.41) is 0.989. The molecule has 0 N–H and O–H groups in total. The molecule has 0 radical (unpaired) electrons. The van der Waals surface area contributed by atoms with Gasteiger partial charge >= 0.3 is 6.18 Å². The number of benzene rings is 3. The zero-order valence-electron chi connectivity index (χ0n) is 14.2. The fraction of sp³-hybridized carbons (Fsp3) is 0.0952. The van der Waals surface area contributed by atoms with Crippen molar-refractivity contribution in [3.8, 4) is 5.75 Å². The number of halogens is 3. The number of aromatic nitrogens is 1. The largest absolute Gasteiger partial charge is 0.497 e. The Morgan fingerprint density at radius 1 is 0.889 bits per heavy atom. The molecule has 0 atom stereocenters. The smallest absolute Gasteiger partial charge is 0.416 e. The van der Waals surface area contributed by atoms with Crippen LogP contribution >= 0.6 is 0 Å². The molecule has 4 rings (SSSR count). The number of carbonyl (C=O) groups is 1. The summed E-state index contributed by atoms with van der Waals surface area (Å²) in [6.45, 7) is 0. The van der Waals surface area contributed by atoms with Crippen LogP contribution in [0.25, 0.3) is 21.8 Å². The first-order valence-corrected chi connectivity index (χ1v) is 8.19. The molecule has 0 aliphatic heterocycles. The number of nitrogens with zero attached hydrogens (tertiary/aromatic N) is 1. The normalized spacial score (nSPS) is 11.9. The van der Waals surface area contributed by atoms with E-state index in [2.05, 4.69) is 0 Å². The summed E-state index contributed by atoms with van der Waals surface area (Å²) in [5.41, 5.74) is 0.672. The summed E-state index contributed by atoms with van der Waals surface area (Å²) in [4.78, 5) is 13.1. The second kappa shape index (κ2) is 6.16. The van der Waals surface area contributed by atoms with Crippen LogP contribution in [0.5, 0.6) is 5.75 Å². The highest BCUT2D eigenvalue weighted by Gasteiger charge is 2.31. The van der Waals surface area contributed by atoms with Crippen molar-refractivity contribution < 1.29 is 22.7 Å². The van der Waals surface area contributed by atoms with Gasteiger partial charge in [-0.25, -0.2) is 0 Å². The van der Waals surface area contributed by atoms with E-state index in [9.17, 15) is 18.0 Å². The third-order valence-corrected chi connectivity index (χ3v) is 4.54. The molecule has 4 aromatic rings. The molecule has 0 bridgehead atoms. The minimum Gasteiger partial charge on any atom is -0.497 e. The first-order valence-electron chi connectivity index (χ1n) is 8.19. The Hall–Kier alpha value is -3.28. The molecule has 0 fully saturated rings. The van der Waals surface area contributed by atoms with E-state index in [0.29, 0.717) is 33.1 Å². The lowest BCUT2D eigenvalue weighted by Gasteiger charge is -2.09. The SMILES string of the molecule is COc1ccc(C(=O)n2c3ccccc3c3cc(C(F)(F)F)ccc32)cc1. The topological polar surface area (TPSA) is 31.2 Å². The maximum absolute atomic E-state index is 13.1. The Bertz CT molecular complexity index is 1160. The Morgan fingerprint density at radius 2 is 1.56 bits per heavy atom. The van der Waals surface area contributed by atoms with Gasteiger partial charge in [0.25, 0.3) is 5.91 Å². The molecule has 0 saturated carbocycles. The predicted molar refractivity (Wildman–Crippen MR) is 97.2 cm³/mol. The van der Waals surface area contributed by atoms with E-state index in [1.54, 1.807) is 48.5 Å².